The molecule has 0 fully saturated rings. The first-order valence-corrected chi connectivity index (χ1v) is 8.95. The number of hydrogen-bond donors (Lipinski definition) is 0. The summed E-state index contributed by atoms with van der Waals surface area (Å²) in [5.74, 6) is -0.869. The zero-order valence-corrected chi connectivity index (χ0v) is 17.4. The maximum atomic E-state index is 11.3. The van der Waals surface area contributed by atoms with Crippen LogP contribution in [0.1, 0.15) is 78.1 Å². The summed E-state index contributed by atoms with van der Waals surface area (Å²) in [6.45, 7) is 12.8. The fraction of sp³-hybridized carbons (Fsp3) is 0.600. The highest BCUT2D eigenvalue weighted by Crippen LogP contribution is 2.10. The number of benzene rings is 1. The number of hydrogen-bond acceptors (Lipinski definition) is 7. The van der Waals surface area contributed by atoms with Crippen LogP contribution in [-0.4, -0.2) is 23.1 Å². The van der Waals surface area contributed by atoms with E-state index >= 15 is 0 Å². The van der Waals surface area contributed by atoms with Gasteiger partial charge < -0.3 is 0 Å². The minimum Gasteiger partial charge on any atom is -0.292 e. The molecule has 0 aliphatic carbocycles. The van der Waals surface area contributed by atoms with Gasteiger partial charge in [0.05, 0.1) is 11.2 Å². The lowest BCUT2D eigenvalue weighted by Gasteiger charge is -2.16. The normalized spacial score (nSPS) is 11.2. The van der Waals surface area contributed by atoms with E-state index in [0.717, 1.165) is 12.8 Å². The van der Waals surface area contributed by atoms with Crippen LogP contribution in [0.4, 0.5) is 0 Å². The zero-order valence-electron chi connectivity index (χ0n) is 17.4. The predicted molar refractivity (Wildman–Crippen MR) is 100 cm³/mol. The Kier molecular flexibility index (Phi) is 11.5. The molecule has 0 saturated heterocycles. The molecule has 0 aromatic heterocycles. The Hall–Kier alpha value is -1.96. The molecule has 0 unspecified atom stereocenters. The van der Waals surface area contributed by atoms with E-state index in [9.17, 15) is 9.59 Å². The van der Waals surface area contributed by atoms with Crippen molar-refractivity contribution in [2.24, 2.45) is 0 Å². The molecule has 0 saturated carbocycles. The molecule has 1 rings (SSSR count). The Balaban J connectivity index is 0.000000503. The molecule has 0 heterocycles. The third-order valence-corrected chi connectivity index (χ3v) is 2.52. The second kappa shape index (κ2) is 12.4. The van der Waals surface area contributed by atoms with Crippen molar-refractivity contribution in [1.82, 2.24) is 0 Å². The van der Waals surface area contributed by atoms with Crippen LogP contribution in [-0.2, 0) is 29.4 Å². The summed E-state index contributed by atoms with van der Waals surface area (Å²) >= 11 is 0. The highest BCUT2D eigenvalue weighted by molar-refractivity contribution is 5.88. The molecule has 0 N–H and O–H groups in total. The van der Waals surface area contributed by atoms with Crippen molar-refractivity contribution in [3.05, 3.63) is 35.9 Å². The lowest BCUT2D eigenvalue weighted by atomic mass is 10.2. The van der Waals surface area contributed by atoms with E-state index in [1.165, 1.54) is 0 Å². The van der Waals surface area contributed by atoms with Crippen molar-refractivity contribution in [3.8, 4) is 0 Å². The van der Waals surface area contributed by atoms with Crippen molar-refractivity contribution in [3.63, 3.8) is 0 Å². The maximum absolute atomic E-state index is 11.3. The van der Waals surface area contributed by atoms with Crippen LogP contribution < -0.4 is 0 Å². The topological polar surface area (TPSA) is 80.3 Å². The van der Waals surface area contributed by atoms with Gasteiger partial charge in [0.1, 0.15) is 5.60 Å². The molecule has 0 amide bonds. The van der Waals surface area contributed by atoms with Crippen LogP contribution in [0.3, 0.4) is 0 Å². The van der Waals surface area contributed by atoms with Gasteiger partial charge in [0.25, 0.3) is 0 Å². The molecule has 0 bridgehead atoms. The largest absolute Gasteiger partial charge is 0.373 e. The molecule has 7 heteroatoms. The predicted octanol–water partition coefficient (Wildman–Crippen LogP) is 4.96. The summed E-state index contributed by atoms with van der Waals surface area (Å²) in [5, 5.41) is 4.31. The van der Waals surface area contributed by atoms with E-state index in [1.807, 2.05) is 33.8 Å². The van der Waals surface area contributed by atoms with Gasteiger partial charge in [-0.1, -0.05) is 31.5 Å². The van der Waals surface area contributed by atoms with Crippen LogP contribution in [0.25, 0.3) is 0 Å². The summed E-state index contributed by atoms with van der Waals surface area (Å²) in [6, 6.07) is 8.73. The second-order valence-electron chi connectivity index (χ2n) is 7.76. The van der Waals surface area contributed by atoms with Crippen LogP contribution >= 0.6 is 0 Å². The molecular formula is C20H32O7. The quantitative estimate of drug-likeness (QED) is 0.486. The molecule has 0 aliphatic rings. The monoisotopic (exact) mass is 384 g/mol. The van der Waals surface area contributed by atoms with Gasteiger partial charge in [-0.3, -0.25) is 9.78 Å². The van der Waals surface area contributed by atoms with Crippen LogP contribution in [0.5, 0.6) is 0 Å². The van der Waals surface area contributed by atoms with E-state index in [1.54, 1.807) is 45.0 Å². The van der Waals surface area contributed by atoms with Crippen molar-refractivity contribution in [2.75, 3.05) is 0 Å². The number of carbonyl (C=O) groups is 2. The molecule has 1 aromatic carbocycles. The average Bonchev–Trinajstić information content (AvgIpc) is 2.57. The van der Waals surface area contributed by atoms with Crippen LogP contribution in [0, 0.1) is 0 Å². The van der Waals surface area contributed by atoms with Gasteiger partial charge in [0.2, 0.25) is 0 Å². The van der Waals surface area contributed by atoms with Gasteiger partial charge in [0.15, 0.2) is 0 Å². The van der Waals surface area contributed by atoms with Crippen molar-refractivity contribution < 1.29 is 34.2 Å². The van der Waals surface area contributed by atoms with Gasteiger partial charge in [-0.05, 0) is 65.1 Å². The lowest BCUT2D eigenvalue weighted by molar-refractivity contribution is -0.514. The Morgan fingerprint density at radius 2 is 1.41 bits per heavy atom. The molecular weight excluding hydrogens is 352 g/mol. The van der Waals surface area contributed by atoms with Gasteiger partial charge in [-0.2, -0.15) is 9.78 Å². The Morgan fingerprint density at radius 1 is 0.852 bits per heavy atom. The van der Waals surface area contributed by atoms with Gasteiger partial charge in [-0.15, -0.1) is 0 Å². The zero-order chi connectivity index (χ0) is 20.9. The summed E-state index contributed by atoms with van der Waals surface area (Å²) in [4.78, 5) is 40.9. The molecule has 0 spiro atoms. The maximum Gasteiger partial charge on any atom is 0.373 e. The highest BCUT2D eigenvalue weighted by Gasteiger charge is 2.16. The number of carbonyl (C=O) groups excluding carboxylic acids is 2. The minimum atomic E-state index is -0.482. The van der Waals surface area contributed by atoms with Crippen molar-refractivity contribution in [2.45, 2.75) is 78.9 Å². The molecule has 154 valence electrons. The van der Waals surface area contributed by atoms with Gasteiger partial charge in [-0.25, -0.2) is 9.59 Å². The van der Waals surface area contributed by atoms with Gasteiger partial charge in [0, 0.05) is 6.42 Å². The first-order valence-electron chi connectivity index (χ1n) is 8.95. The Labute approximate surface area is 161 Å². The molecule has 27 heavy (non-hydrogen) atoms. The summed E-state index contributed by atoms with van der Waals surface area (Å²) in [7, 11) is 0. The fourth-order valence-electron chi connectivity index (χ4n) is 1.30. The van der Waals surface area contributed by atoms with Crippen LogP contribution in [0.15, 0.2) is 30.3 Å². The molecule has 0 aliphatic heterocycles. The lowest BCUT2D eigenvalue weighted by Crippen LogP contribution is -2.21. The summed E-state index contributed by atoms with van der Waals surface area (Å²) < 4.78 is 0. The summed E-state index contributed by atoms with van der Waals surface area (Å²) in [6.07, 6.45) is 2.12. The number of unbranched alkanes of at least 4 members (excludes halogenated alkanes) is 1. The minimum absolute atomic E-state index is 0.365. The van der Waals surface area contributed by atoms with Crippen molar-refractivity contribution >= 4 is 11.9 Å². The SMILES string of the molecule is CC(C)(C)OOC(=O)c1ccccc1.CCCCC(=O)OOOC(C)(C)C. The third-order valence-electron chi connectivity index (χ3n) is 2.52. The fourth-order valence-corrected chi connectivity index (χ4v) is 1.30. The third kappa shape index (κ3) is 16.0. The molecule has 0 radical (unpaired) electrons. The summed E-state index contributed by atoms with van der Waals surface area (Å²) in [5.41, 5.74) is -0.466. The van der Waals surface area contributed by atoms with Crippen LogP contribution in [0.2, 0.25) is 0 Å². The average molecular weight is 384 g/mol. The smallest absolute Gasteiger partial charge is 0.292 e. The first kappa shape index (κ1) is 25.0. The van der Waals surface area contributed by atoms with E-state index in [4.69, 9.17) is 9.78 Å². The Morgan fingerprint density at radius 3 is 1.89 bits per heavy atom. The molecule has 7 nitrogen and oxygen atoms in total. The first-order chi connectivity index (χ1) is 12.4. The Bertz CT molecular complexity index is 542. The standard InChI is InChI=1S/C11H14O3.C9H18O4/c1-11(2,3)14-13-10(12)9-7-5-4-6-8-9;1-5-6-7-8(10)11-13-12-9(2,3)4/h4-8H,1-3H3;5-7H2,1-4H3. The van der Waals surface area contributed by atoms with E-state index in [0.29, 0.717) is 12.0 Å². The second-order valence-corrected chi connectivity index (χ2v) is 7.76. The molecule has 1 aromatic rings. The molecule has 0 atom stereocenters. The van der Waals surface area contributed by atoms with E-state index in [2.05, 4.69) is 14.8 Å². The van der Waals surface area contributed by atoms with E-state index in [-0.39, 0.29) is 0 Å². The van der Waals surface area contributed by atoms with E-state index < -0.39 is 23.1 Å². The highest BCUT2D eigenvalue weighted by atomic mass is 17.5. The number of rotatable bonds is 7. The van der Waals surface area contributed by atoms with Crippen molar-refractivity contribution in [1.29, 1.82) is 0 Å². The van der Waals surface area contributed by atoms with Gasteiger partial charge >= 0.3 is 11.9 Å².